The number of rotatable bonds is 4. The molecule has 0 saturated heterocycles. The smallest absolute Gasteiger partial charge is 0.266 e. The van der Waals surface area contributed by atoms with Crippen LogP contribution in [0.2, 0.25) is 0 Å². The molecule has 0 aliphatic rings. The minimum Gasteiger partial charge on any atom is -0.268 e. The summed E-state index contributed by atoms with van der Waals surface area (Å²) < 4.78 is 1.66. The van der Waals surface area contributed by atoms with Crippen molar-refractivity contribution < 1.29 is 0 Å². The minimum atomic E-state index is -0.0594. The zero-order valence-electron chi connectivity index (χ0n) is 12.6. The third-order valence-corrected chi connectivity index (χ3v) is 4.36. The number of aromatic nitrogens is 2. The molecule has 0 fully saturated rings. The monoisotopic (exact) mass is 342 g/mol. The molecule has 2 aromatic carbocycles. The lowest BCUT2D eigenvalue weighted by Crippen LogP contribution is -2.21. The molecule has 0 N–H and O–H groups in total. The number of para-hydroxylation sites is 2. The summed E-state index contributed by atoms with van der Waals surface area (Å²) in [6.07, 6.45) is 1.91. The van der Waals surface area contributed by atoms with Crippen LogP contribution in [-0.4, -0.2) is 15.3 Å². The van der Waals surface area contributed by atoms with Crippen molar-refractivity contribution in [3.05, 3.63) is 76.1 Å². The van der Waals surface area contributed by atoms with Gasteiger partial charge in [-0.05, 0) is 31.2 Å². The fourth-order valence-electron chi connectivity index (χ4n) is 2.24. The molecule has 116 valence electrons. The van der Waals surface area contributed by atoms with E-state index in [-0.39, 0.29) is 5.56 Å². The normalized spacial score (nSPS) is 11.8. The van der Waals surface area contributed by atoms with Crippen molar-refractivity contribution in [2.75, 3.05) is 5.75 Å². The minimum absolute atomic E-state index is 0.0594. The molecule has 3 nitrogen and oxygen atoms in total. The number of fused-ring (bicyclic) bond motifs is 1. The number of hydrogen-bond acceptors (Lipinski definition) is 3. The molecule has 3 rings (SSSR count). The lowest BCUT2D eigenvalue weighted by molar-refractivity contribution is 0.821. The van der Waals surface area contributed by atoms with Gasteiger partial charge in [-0.25, -0.2) is 4.98 Å². The van der Waals surface area contributed by atoms with Crippen LogP contribution in [0.15, 0.2) is 75.7 Å². The number of allylic oxidation sites excluding steroid dienone is 1. The molecule has 0 bridgehead atoms. The summed E-state index contributed by atoms with van der Waals surface area (Å²) in [4.78, 5) is 17.6. The van der Waals surface area contributed by atoms with Crippen molar-refractivity contribution in [1.29, 1.82) is 0 Å². The van der Waals surface area contributed by atoms with Crippen molar-refractivity contribution in [2.45, 2.75) is 12.1 Å². The van der Waals surface area contributed by atoms with Crippen molar-refractivity contribution >= 4 is 34.3 Å². The van der Waals surface area contributed by atoms with Gasteiger partial charge in [0.1, 0.15) is 0 Å². The van der Waals surface area contributed by atoms with Crippen LogP contribution < -0.4 is 5.56 Å². The van der Waals surface area contributed by atoms with Gasteiger partial charge in [0.15, 0.2) is 5.16 Å². The lowest BCUT2D eigenvalue weighted by Gasteiger charge is -2.12. The summed E-state index contributed by atoms with van der Waals surface area (Å²) in [7, 11) is 0. The Morgan fingerprint density at radius 2 is 1.87 bits per heavy atom. The van der Waals surface area contributed by atoms with Crippen LogP contribution in [0, 0.1) is 0 Å². The van der Waals surface area contributed by atoms with Crippen LogP contribution in [-0.2, 0) is 0 Å². The number of benzene rings is 2. The predicted molar refractivity (Wildman–Crippen MR) is 97.7 cm³/mol. The Labute approximate surface area is 143 Å². The molecular formula is C18H15ClN2OS. The van der Waals surface area contributed by atoms with E-state index in [1.165, 1.54) is 11.8 Å². The lowest BCUT2D eigenvalue weighted by atomic mass is 10.2. The van der Waals surface area contributed by atoms with Gasteiger partial charge in [-0.1, -0.05) is 59.8 Å². The Hall–Kier alpha value is -2.04. The largest absolute Gasteiger partial charge is 0.268 e. The Morgan fingerprint density at radius 3 is 2.61 bits per heavy atom. The molecule has 1 aromatic heterocycles. The topological polar surface area (TPSA) is 34.9 Å². The molecule has 5 heteroatoms. The van der Waals surface area contributed by atoms with Crippen LogP contribution >= 0.6 is 23.4 Å². The summed E-state index contributed by atoms with van der Waals surface area (Å²) in [6, 6.07) is 17.0. The van der Waals surface area contributed by atoms with Crippen molar-refractivity contribution in [3.8, 4) is 5.69 Å². The van der Waals surface area contributed by atoms with Gasteiger partial charge in [-0.3, -0.25) is 9.36 Å². The highest BCUT2D eigenvalue weighted by molar-refractivity contribution is 7.99. The van der Waals surface area contributed by atoms with Gasteiger partial charge in [-0.2, -0.15) is 0 Å². The van der Waals surface area contributed by atoms with Gasteiger partial charge in [-0.15, -0.1) is 0 Å². The van der Waals surface area contributed by atoms with Crippen LogP contribution in [0.3, 0.4) is 0 Å². The second-order valence-corrected chi connectivity index (χ2v) is 6.57. The average molecular weight is 343 g/mol. The van der Waals surface area contributed by atoms with E-state index in [1.54, 1.807) is 10.6 Å². The van der Waals surface area contributed by atoms with E-state index in [0.29, 0.717) is 21.8 Å². The zero-order chi connectivity index (χ0) is 16.2. The van der Waals surface area contributed by atoms with E-state index in [0.717, 1.165) is 10.7 Å². The Kier molecular flexibility index (Phi) is 4.84. The molecule has 0 amide bonds. The number of thioether (sulfide) groups is 1. The van der Waals surface area contributed by atoms with E-state index >= 15 is 0 Å². The Bertz CT molecular complexity index is 915. The van der Waals surface area contributed by atoms with Gasteiger partial charge in [0.05, 0.1) is 16.6 Å². The van der Waals surface area contributed by atoms with E-state index in [9.17, 15) is 4.79 Å². The molecule has 23 heavy (non-hydrogen) atoms. The first-order valence-corrected chi connectivity index (χ1v) is 8.55. The standard InChI is InChI=1S/C18H15ClN2OS/c1-13(19)11-12-23-18-20-16-10-6-5-9-15(16)17(22)21(18)14-7-3-2-4-8-14/h2-11H,12H2,1H3/b13-11-. The highest BCUT2D eigenvalue weighted by Crippen LogP contribution is 2.21. The van der Waals surface area contributed by atoms with Crippen LogP contribution in [0.5, 0.6) is 0 Å². The van der Waals surface area contributed by atoms with E-state index in [1.807, 2.05) is 61.5 Å². The molecule has 0 unspecified atom stereocenters. The van der Waals surface area contributed by atoms with Gasteiger partial charge >= 0.3 is 0 Å². The molecule has 0 saturated carbocycles. The number of halogens is 1. The number of nitrogens with zero attached hydrogens (tertiary/aromatic N) is 2. The Morgan fingerprint density at radius 1 is 1.17 bits per heavy atom. The molecule has 0 spiro atoms. The van der Waals surface area contributed by atoms with E-state index < -0.39 is 0 Å². The van der Waals surface area contributed by atoms with Gasteiger partial charge in [0.2, 0.25) is 0 Å². The molecular weight excluding hydrogens is 328 g/mol. The van der Waals surface area contributed by atoms with E-state index in [4.69, 9.17) is 11.6 Å². The first-order chi connectivity index (χ1) is 11.2. The molecule has 0 radical (unpaired) electrons. The Balaban J connectivity index is 2.19. The molecule has 1 heterocycles. The maximum absolute atomic E-state index is 12.9. The average Bonchev–Trinajstić information content (AvgIpc) is 2.55. The molecule has 3 aromatic rings. The summed E-state index contributed by atoms with van der Waals surface area (Å²) in [5, 5.41) is 2.01. The summed E-state index contributed by atoms with van der Waals surface area (Å²) in [5.74, 6) is 0.660. The molecule has 0 atom stereocenters. The maximum atomic E-state index is 12.9. The van der Waals surface area contributed by atoms with Crippen molar-refractivity contribution in [2.24, 2.45) is 0 Å². The third-order valence-electron chi connectivity index (χ3n) is 3.34. The second kappa shape index (κ2) is 7.02. The fraction of sp³-hybridized carbons (Fsp3) is 0.111. The summed E-state index contributed by atoms with van der Waals surface area (Å²) in [5.41, 5.74) is 1.46. The fourth-order valence-corrected chi connectivity index (χ4v) is 3.38. The van der Waals surface area contributed by atoms with Gasteiger partial charge in [0.25, 0.3) is 5.56 Å². The molecule has 0 aliphatic carbocycles. The quantitative estimate of drug-likeness (QED) is 0.512. The second-order valence-electron chi connectivity index (χ2n) is 4.99. The number of hydrogen-bond donors (Lipinski definition) is 0. The van der Waals surface area contributed by atoms with Crippen molar-refractivity contribution in [1.82, 2.24) is 9.55 Å². The van der Waals surface area contributed by atoms with Gasteiger partial charge in [0, 0.05) is 10.8 Å². The van der Waals surface area contributed by atoms with Crippen molar-refractivity contribution in [3.63, 3.8) is 0 Å². The maximum Gasteiger partial charge on any atom is 0.266 e. The highest BCUT2D eigenvalue weighted by Gasteiger charge is 2.12. The predicted octanol–water partition coefficient (Wildman–Crippen LogP) is 4.62. The summed E-state index contributed by atoms with van der Waals surface area (Å²) in [6.45, 7) is 1.83. The van der Waals surface area contributed by atoms with Crippen LogP contribution in [0.4, 0.5) is 0 Å². The SMILES string of the molecule is C/C(Cl)=C/CSc1nc2ccccc2c(=O)n1-c1ccccc1. The van der Waals surface area contributed by atoms with E-state index in [2.05, 4.69) is 4.98 Å². The molecule has 0 aliphatic heterocycles. The first kappa shape index (κ1) is 15.8. The third kappa shape index (κ3) is 3.49. The van der Waals surface area contributed by atoms with Gasteiger partial charge < -0.3 is 0 Å². The van der Waals surface area contributed by atoms with Crippen LogP contribution in [0.1, 0.15) is 6.92 Å². The highest BCUT2D eigenvalue weighted by atomic mass is 35.5. The summed E-state index contributed by atoms with van der Waals surface area (Å²) >= 11 is 7.38. The van der Waals surface area contributed by atoms with Crippen LogP contribution in [0.25, 0.3) is 16.6 Å². The zero-order valence-corrected chi connectivity index (χ0v) is 14.1. The first-order valence-electron chi connectivity index (χ1n) is 7.19.